The van der Waals surface area contributed by atoms with Gasteiger partial charge in [-0.05, 0) is 64.8 Å². The van der Waals surface area contributed by atoms with Crippen LogP contribution in [0.4, 0.5) is 0 Å². The number of hydrogen-bond donors (Lipinski definition) is 1. The van der Waals surface area contributed by atoms with E-state index < -0.39 is 11.9 Å². The monoisotopic (exact) mass is 557 g/mol. The predicted molar refractivity (Wildman–Crippen MR) is 137 cm³/mol. The van der Waals surface area contributed by atoms with Crippen molar-refractivity contribution in [2.75, 3.05) is 21.3 Å². The molecule has 0 saturated heterocycles. The van der Waals surface area contributed by atoms with Crippen LogP contribution in [-0.2, 0) is 4.79 Å². The van der Waals surface area contributed by atoms with Crippen LogP contribution in [0.3, 0.4) is 0 Å². The van der Waals surface area contributed by atoms with Gasteiger partial charge in [-0.25, -0.2) is 4.79 Å². The van der Waals surface area contributed by atoms with Gasteiger partial charge in [0.05, 0.1) is 36.9 Å². The summed E-state index contributed by atoms with van der Waals surface area (Å²) < 4.78 is 21.9. The molecule has 0 saturated carbocycles. The summed E-state index contributed by atoms with van der Waals surface area (Å²) in [5.41, 5.74) is 0.938. The van der Waals surface area contributed by atoms with Crippen LogP contribution in [-0.4, -0.2) is 49.1 Å². The fourth-order valence-corrected chi connectivity index (χ4v) is 4.76. The van der Waals surface area contributed by atoms with Crippen LogP contribution in [0.1, 0.15) is 22.8 Å². The topological polar surface area (TPSA) is 111 Å². The molecule has 0 bridgehead atoms. The molecule has 0 aliphatic carbocycles. The number of allylic oxidation sites excluding steroid dienone is 1. The lowest BCUT2D eigenvalue weighted by Gasteiger charge is -2.22. The third kappa shape index (κ3) is 4.82. The SMILES string of the molecule is COc1ccc(C(=O)Oc2c(Br)cc(/C=C3/C(=N)N4C=C(C)SC4=NC3=O)cc2OC)cc1OC. The van der Waals surface area contributed by atoms with Gasteiger partial charge in [-0.15, -0.1) is 0 Å². The van der Waals surface area contributed by atoms with Crippen LogP contribution in [0.25, 0.3) is 6.08 Å². The van der Waals surface area contributed by atoms with Crippen LogP contribution in [0.15, 0.2) is 56.5 Å². The Kier molecular flexibility index (Phi) is 6.99. The maximum atomic E-state index is 12.8. The lowest BCUT2D eigenvalue weighted by molar-refractivity contribution is -0.114. The Labute approximate surface area is 214 Å². The molecular formula is C24H20BrN3O6S. The van der Waals surface area contributed by atoms with Gasteiger partial charge in [0, 0.05) is 11.1 Å². The molecule has 0 aromatic heterocycles. The first-order valence-electron chi connectivity index (χ1n) is 10.2. The number of halogens is 1. The fraction of sp³-hybridized carbons (Fsp3) is 0.167. The number of nitrogens with zero attached hydrogens (tertiary/aromatic N) is 2. The first-order valence-corrected chi connectivity index (χ1v) is 11.8. The summed E-state index contributed by atoms with van der Waals surface area (Å²) in [7, 11) is 4.42. The first-order chi connectivity index (χ1) is 16.7. The summed E-state index contributed by atoms with van der Waals surface area (Å²) in [5, 5.41) is 8.92. The van der Waals surface area contributed by atoms with Gasteiger partial charge in [0.15, 0.2) is 28.2 Å². The lowest BCUT2D eigenvalue weighted by atomic mass is 10.1. The molecule has 1 amide bonds. The zero-order valence-electron chi connectivity index (χ0n) is 19.2. The average molecular weight is 558 g/mol. The number of thioether (sulfide) groups is 1. The summed E-state index contributed by atoms with van der Waals surface area (Å²) in [6.07, 6.45) is 3.31. The molecule has 0 atom stereocenters. The zero-order chi connectivity index (χ0) is 25.3. The number of fused-ring (bicyclic) bond motifs is 1. The van der Waals surface area contributed by atoms with Crippen molar-refractivity contribution >= 4 is 56.6 Å². The quantitative estimate of drug-likeness (QED) is 0.304. The Morgan fingerprint density at radius 2 is 1.80 bits per heavy atom. The number of esters is 1. The number of methoxy groups -OCH3 is 3. The van der Waals surface area contributed by atoms with Gasteiger partial charge >= 0.3 is 5.97 Å². The van der Waals surface area contributed by atoms with Crippen molar-refractivity contribution in [1.29, 1.82) is 5.41 Å². The molecule has 0 spiro atoms. The molecule has 11 heteroatoms. The van der Waals surface area contributed by atoms with Gasteiger partial charge in [0.2, 0.25) is 0 Å². The lowest BCUT2D eigenvalue weighted by Crippen LogP contribution is -2.35. The van der Waals surface area contributed by atoms with Gasteiger partial charge in [0.1, 0.15) is 5.84 Å². The number of rotatable bonds is 6. The molecule has 2 aromatic rings. The molecule has 2 aromatic carbocycles. The van der Waals surface area contributed by atoms with E-state index in [9.17, 15) is 9.59 Å². The van der Waals surface area contributed by atoms with Crippen LogP contribution in [0.2, 0.25) is 0 Å². The molecule has 0 radical (unpaired) electrons. The molecule has 1 N–H and O–H groups in total. The normalized spacial score (nSPS) is 16.0. The summed E-state index contributed by atoms with van der Waals surface area (Å²) in [6.45, 7) is 1.89. The predicted octanol–water partition coefficient (Wildman–Crippen LogP) is 4.86. The van der Waals surface area contributed by atoms with Crippen molar-refractivity contribution in [3.63, 3.8) is 0 Å². The second kappa shape index (κ2) is 9.96. The maximum Gasteiger partial charge on any atom is 0.343 e. The number of benzene rings is 2. The number of ether oxygens (including phenoxy) is 4. The smallest absolute Gasteiger partial charge is 0.343 e. The van der Waals surface area contributed by atoms with Crippen molar-refractivity contribution in [2.45, 2.75) is 6.92 Å². The summed E-state index contributed by atoms with van der Waals surface area (Å²) in [6, 6.07) is 7.95. The van der Waals surface area contributed by atoms with E-state index in [2.05, 4.69) is 20.9 Å². The second-order valence-electron chi connectivity index (χ2n) is 7.31. The number of aliphatic imine (C=N–C) groups is 1. The van der Waals surface area contributed by atoms with Crippen molar-refractivity contribution in [1.82, 2.24) is 4.90 Å². The zero-order valence-corrected chi connectivity index (χ0v) is 21.6. The van der Waals surface area contributed by atoms with E-state index in [0.29, 0.717) is 26.7 Å². The number of carbonyl (C=O) groups excluding carboxylic acids is 2. The van der Waals surface area contributed by atoms with Crippen molar-refractivity contribution < 1.29 is 28.5 Å². The number of nitrogens with one attached hydrogen (secondary N) is 1. The summed E-state index contributed by atoms with van der Waals surface area (Å²) in [4.78, 5) is 32.0. The first kappa shape index (κ1) is 24.6. The Hall–Kier alpha value is -3.57. The highest BCUT2D eigenvalue weighted by molar-refractivity contribution is 9.10. The number of carbonyl (C=O) groups is 2. The maximum absolute atomic E-state index is 12.8. The van der Waals surface area contributed by atoms with Crippen LogP contribution >= 0.6 is 27.7 Å². The van der Waals surface area contributed by atoms with Crippen LogP contribution in [0.5, 0.6) is 23.0 Å². The molecule has 0 fully saturated rings. The van der Waals surface area contributed by atoms with Gasteiger partial charge in [-0.3, -0.25) is 15.1 Å². The summed E-state index contributed by atoms with van der Waals surface area (Å²) in [5.74, 6) is 0.190. The second-order valence-corrected chi connectivity index (χ2v) is 9.38. The Morgan fingerprint density at radius 3 is 2.49 bits per heavy atom. The third-order valence-electron chi connectivity index (χ3n) is 5.07. The molecule has 9 nitrogen and oxygen atoms in total. The van der Waals surface area contributed by atoms with Crippen LogP contribution in [0, 0.1) is 5.41 Å². The summed E-state index contributed by atoms with van der Waals surface area (Å²) >= 11 is 4.76. The van der Waals surface area contributed by atoms with E-state index >= 15 is 0 Å². The minimum absolute atomic E-state index is 0.0309. The van der Waals surface area contributed by atoms with Gasteiger partial charge in [-0.1, -0.05) is 11.8 Å². The van der Waals surface area contributed by atoms with E-state index in [1.807, 2.05) is 6.92 Å². The molecule has 35 heavy (non-hydrogen) atoms. The van der Waals surface area contributed by atoms with E-state index in [0.717, 1.165) is 4.91 Å². The Balaban J connectivity index is 1.64. The standard InChI is InChI=1S/C24H20BrN3O6S/c1-12-11-28-21(26)15(22(29)27-24(28)35-12)7-13-8-16(25)20(19(9-13)33-4)34-23(30)14-5-6-17(31-2)18(10-14)32-3/h5-11,26H,1-4H3/b15-7-,26-21?. The Morgan fingerprint density at radius 1 is 1.09 bits per heavy atom. The van der Waals surface area contributed by atoms with Gasteiger partial charge in [-0.2, -0.15) is 4.99 Å². The van der Waals surface area contributed by atoms with E-state index in [4.69, 9.17) is 24.4 Å². The molecule has 2 heterocycles. The van der Waals surface area contributed by atoms with E-state index in [1.54, 1.807) is 41.4 Å². The highest BCUT2D eigenvalue weighted by Crippen LogP contribution is 2.39. The molecule has 0 unspecified atom stereocenters. The fourth-order valence-electron chi connectivity index (χ4n) is 3.41. The molecule has 180 valence electrons. The number of amidine groups is 2. The minimum atomic E-state index is -0.629. The van der Waals surface area contributed by atoms with Crippen molar-refractivity contribution in [2.24, 2.45) is 4.99 Å². The minimum Gasteiger partial charge on any atom is -0.493 e. The highest BCUT2D eigenvalue weighted by Gasteiger charge is 2.33. The number of hydrogen-bond acceptors (Lipinski definition) is 8. The van der Waals surface area contributed by atoms with Gasteiger partial charge < -0.3 is 18.9 Å². The van der Waals surface area contributed by atoms with E-state index in [1.165, 1.54) is 39.2 Å². The average Bonchev–Trinajstić information content (AvgIpc) is 3.22. The highest BCUT2D eigenvalue weighted by atomic mass is 79.9. The van der Waals surface area contributed by atoms with Crippen molar-refractivity contribution in [3.05, 3.63) is 62.6 Å². The third-order valence-corrected chi connectivity index (χ3v) is 6.56. The molecule has 4 rings (SSSR count). The largest absolute Gasteiger partial charge is 0.493 e. The Bertz CT molecular complexity index is 1350. The number of amides is 1. The van der Waals surface area contributed by atoms with E-state index in [-0.39, 0.29) is 28.5 Å². The van der Waals surface area contributed by atoms with Crippen LogP contribution < -0.4 is 18.9 Å². The van der Waals surface area contributed by atoms with Crippen molar-refractivity contribution in [3.8, 4) is 23.0 Å². The molecular weight excluding hydrogens is 538 g/mol. The molecule has 2 aliphatic heterocycles. The molecule has 2 aliphatic rings. The van der Waals surface area contributed by atoms with Gasteiger partial charge in [0.25, 0.3) is 5.91 Å².